The third kappa shape index (κ3) is 17.8. The van der Waals surface area contributed by atoms with Gasteiger partial charge < -0.3 is 27.0 Å². The minimum atomic E-state index is -0.497. The fourth-order valence-electron chi connectivity index (χ4n) is 6.13. The van der Waals surface area contributed by atoms with E-state index in [2.05, 4.69) is 79.7 Å². The van der Waals surface area contributed by atoms with E-state index in [1.54, 1.807) is 11.1 Å². The molecule has 5 aliphatic rings. The summed E-state index contributed by atoms with van der Waals surface area (Å²) in [6, 6.07) is 0. The average molecular weight is 672 g/mol. The van der Waals surface area contributed by atoms with Crippen molar-refractivity contribution in [2.24, 2.45) is 17.8 Å². The van der Waals surface area contributed by atoms with Crippen LogP contribution < -0.4 is 12.4 Å². The molecule has 0 bridgehead atoms. The van der Waals surface area contributed by atoms with Crippen molar-refractivity contribution >= 4 is 23.1 Å². The molecule has 0 aromatic heterocycles. The van der Waals surface area contributed by atoms with Gasteiger partial charge in [0.05, 0.1) is 30.0 Å². The Morgan fingerprint density at radius 1 is 0.826 bits per heavy atom. The van der Waals surface area contributed by atoms with E-state index in [1.165, 1.54) is 55.2 Å². The van der Waals surface area contributed by atoms with Crippen molar-refractivity contribution < 1.29 is 27.0 Å². The Morgan fingerprint density at radius 2 is 1.20 bits per heavy atom. The number of halogens is 1. The Balaban J connectivity index is 0. The second kappa shape index (κ2) is 22.3. The van der Waals surface area contributed by atoms with E-state index in [9.17, 15) is 5.11 Å². The molecule has 46 heavy (non-hydrogen) atoms. The zero-order chi connectivity index (χ0) is 32.3. The minimum absolute atomic E-state index is 0. The molecule has 0 spiro atoms. The Hall–Kier alpha value is -0.494. The van der Waals surface area contributed by atoms with E-state index >= 15 is 0 Å². The Bertz CT molecular complexity index is 974. The van der Waals surface area contributed by atoms with Crippen LogP contribution in [0.25, 0.3) is 0 Å². The Morgan fingerprint density at radius 3 is 1.46 bits per heavy atom. The van der Waals surface area contributed by atoms with Gasteiger partial charge in [0.15, 0.2) is 0 Å². The predicted molar refractivity (Wildman–Crippen MR) is 199 cm³/mol. The van der Waals surface area contributed by atoms with Gasteiger partial charge in [-0.05, 0) is 144 Å². The SMILES string of the molecule is C.CC(C)=CCCC(C)(O)C1CC=C(C)CC1.CC1=CCC(C2(C)CO2)CC1.CC1=CCC(C2(C)CO2)CC1.[CH2-]C=C(C)C.[Cl-].[Mg+2]. The first-order valence-corrected chi connectivity index (χ1v) is 17.1. The summed E-state index contributed by atoms with van der Waals surface area (Å²) in [5, 5.41) is 10.5. The fraction of sp³-hybridized carbons (Fsp3) is 0.732. The van der Waals surface area contributed by atoms with E-state index in [0.717, 1.165) is 57.2 Å². The molecule has 6 atom stereocenters. The molecule has 2 aliphatic heterocycles. The molecular weight excluding hydrogens is 600 g/mol. The van der Waals surface area contributed by atoms with Gasteiger partial charge in [-0.2, -0.15) is 0 Å². The molecule has 0 saturated carbocycles. The molecule has 3 nitrogen and oxygen atoms in total. The van der Waals surface area contributed by atoms with Crippen LogP contribution in [0.5, 0.6) is 0 Å². The molecule has 2 fully saturated rings. The molecule has 1 N–H and O–H groups in total. The van der Waals surface area contributed by atoms with Gasteiger partial charge in [-0.1, -0.05) is 54.0 Å². The zero-order valence-electron chi connectivity index (χ0n) is 30.9. The van der Waals surface area contributed by atoms with Crippen molar-refractivity contribution in [3.8, 4) is 0 Å². The summed E-state index contributed by atoms with van der Waals surface area (Å²) in [6.45, 7) is 26.9. The molecule has 3 aliphatic carbocycles. The minimum Gasteiger partial charge on any atom is -1.00 e. The van der Waals surface area contributed by atoms with Crippen LogP contribution >= 0.6 is 0 Å². The van der Waals surface area contributed by atoms with Crippen molar-refractivity contribution in [1.82, 2.24) is 0 Å². The van der Waals surface area contributed by atoms with Gasteiger partial charge in [0, 0.05) is 0 Å². The first-order valence-electron chi connectivity index (χ1n) is 17.1. The first kappa shape index (κ1) is 47.6. The van der Waals surface area contributed by atoms with Crippen LogP contribution in [-0.2, 0) is 9.47 Å². The van der Waals surface area contributed by atoms with Gasteiger partial charge in [0.1, 0.15) is 0 Å². The molecular formula is C41H71ClMgO3. The second-order valence-electron chi connectivity index (χ2n) is 15.2. The van der Waals surface area contributed by atoms with E-state index < -0.39 is 5.60 Å². The summed E-state index contributed by atoms with van der Waals surface area (Å²) in [7, 11) is 0. The van der Waals surface area contributed by atoms with Gasteiger partial charge in [-0.3, -0.25) is 0 Å². The van der Waals surface area contributed by atoms with Crippen molar-refractivity contribution in [3.63, 3.8) is 0 Å². The maximum Gasteiger partial charge on any atom is 2.00 e. The standard InChI is InChI=1S/C15H26O.2C10H16O.C5H9.CH4.ClH.Mg/c1-12(2)6-5-11-15(4,16)14-9-7-13(3)8-10-14;2*1-8-3-5-9(6-4-8)10(2)7-11-10;1-4-5(2)3;;;/h6-7,14,16H,5,8-11H2,1-4H3;2*3,9H,4-7H2,1-2H3;4H,1H2,2-3H3;1H4;1H;/q;;;-1;;;+2/p-1. The van der Waals surface area contributed by atoms with Gasteiger partial charge in [-0.25, -0.2) is 18.6 Å². The van der Waals surface area contributed by atoms with Gasteiger partial charge in [0.2, 0.25) is 0 Å². The molecule has 0 amide bonds. The number of rotatable bonds is 6. The van der Waals surface area contributed by atoms with Crippen LogP contribution in [0, 0.1) is 24.7 Å². The van der Waals surface area contributed by atoms with E-state index in [4.69, 9.17) is 9.47 Å². The predicted octanol–water partition coefficient (Wildman–Crippen LogP) is 8.32. The number of epoxide rings is 2. The molecule has 0 aromatic carbocycles. The topological polar surface area (TPSA) is 45.3 Å². The van der Waals surface area contributed by atoms with Crippen molar-refractivity contribution in [3.05, 3.63) is 65.2 Å². The third-order valence-corrected chi connectivity index (χ3v) is 10.3. The molecule has 5 heteroatoms. The third-order valence-electron chi connectivity index (χ3n) is 10.3. The quantitative estimate of drug-likeness (QED) is 0.134. The van der Waals surface area contributed by atoms with Crippen molar-refractivity contribution in [1.29, 1.82) is 0 Å². The normalized spacial score (nSPS) is 30.1. The number of aliphatic hydroxyl groups is 1. The summed E-state index contributed by atoms with van der Waals surface area (Å²) in [5.41, 5.74) is 7.24. The van der Waals surface area contributed by atoms with Crippen molar-refractivity contribution in [2.75, 3.05) is 13.2 Å². The number of allylic oxidation sites excluding steroid dienone is 10. The number of hydrogen-bond donors (Lipinski definition) is 1. The van der Waals surface area contributed by atoms with Crippen LogP contribution in [-0.4, -0.2) is 58.2 Å². The van der Waals surface area contributed by atoms with Crippen LogP contribution in [0.4, 0.5) is 0 Å². The van der Waals surface area contributed by atoms with Crippen LogP contribution in [0.15, 0.2) is 58.2 Å². The molecule has 262 valence electrons. The number of hydrogen-bond acceptors (Lipinski definition) is 3. The zero-order valence-corrected chi connectivity index (χ0v) is 33.0. The van der Waals surface area contributed by atoms with Gasteiger partial charge in [0.25, 0.3) is 0 Å². The Kier molecular flexibility index (Phi) is 23.1. The number of ether oxygens (including phenoxy) is 2. The summed E-state index contributed by atoms with van der Waals surface area (Å²) >= 11 is 0. The van der Waals surface area contributed by atoms with E-state index in [0.29, 0.717) is 5.92 Å². The molecule has 0 aromatic rings. The molecule has 0 radical (unpaired) electrons. The molecule has 6 unspecified atom stereocenters. The van der Waals surface area contributed by atoms with Crippen LogP contribution in [0.3, 0.4) is 0 Å². The van der Waals surface area contributed by atoms with Crippen LogP contribution in [0.1, 0.15) is 147 Å². The molecule has 2 heterocycles. The molecule has 5 rings (SSSR count). The maximum atomic E-state index is 10.5. The molecule has 2 saturated heterocycles. The summed E-state index contributed by atoms with van der Waals surface area (Å²) in [6.07, 6.45) is 24.0. The summed E-state index contributed by atoms with van der Waals surface area (Å²) in [5.74, 6) is 2.04. The average Bonchev–Trinajstić information content (AvgIpc) is 3.89. The van der Waals surface area contributed by atoms with Crippen LogP contribution in [0.2, 0.25) is 0 Å². The second-order valence-corrected chi connectivity index (χ2v) is 15.2. The summed E-state index contributed by atoms with van der Waals surface area (Å²) < 4.78 is 10.9. The maximum absolute atomic E-state index is 10.5. The van der Waals surface area contributed by atoms with Crippen molar-refractivity contribution in [2.45, 2.75) is 164 Å². The van der Waals surface area contributed by atoms with E-state index in [-0.39, 0.29) is 54.1 Å². The fourth-order valence-corrected chi connectivity index (χ4v) is 6.13. The Labute approximate surface area is 308 Å². The van der Waals surface area contributed by atoms with Gasteiger partial charge >= 0.3 is 23.1 Å². The smallest absolute Gasteiger partial charge is 1.00 e. The largest absolute Gasteiger partial charge is 2.00 e. The first-order chi connectivity index (χ1) is 20.1. The monoisotopic (exact) mass is 670 g/mol. The van der Waals surface area contributed by atoms with E-state index in [1.807, 2.05) is 26.8 Å². The summed E-state index contributed by atoms with van der Waals surface area (Å²) in [4.78, 5) is 0. The van der Waals surface area contributed by atoms with Gasteiger partial charge in [-0.15, -0.1) is 13.8 Å².